The van der Waals surface area contributed by atoms with Gasteiger partial charge < -0.3 is 39.7 Å². The van der Waals surface area contributed by atoms with E-state index in [1.807, 2.05) is 0 Å². The minimum absolute atomic E-state index is 0.189. The predicted molar refractivity (Wildman–Crippen MR) is 96.2 cm³/mol. The lowest BCUT2D eigenvalue weighted by atomic mass is 9.99. The summed E-state index contributed by atoms with van der Waals surface area (Å²) >= 11 is 0. The van der Waals surface area contributed by atoms with E-state index in [1.54, 1.807) is 0 Å². The zero-order valence-electron chi connectivity index (χ0n) is 15.3. The number of carbonyl (C=O) groups excluding carboxylic acids is 1. The van der Waals surface area contributed by atoms with Crippen molar-refractivity contribution in [2.24, 2.45) is 0 Å². The van der Waals surface area contributed by atoms with Crippen molar-refractivity contribution in [1.29, 1.82) is 0 Å². The molecule has 0 spiro atoms. The van der Waals surface area contributed by atoms with Gasteiger partial charge in [-0.3, -0.25) is 4.79 Å². The van der Waals surface area contributed by atoms with Crippen LogP contribution in [0.4, 0.5) is 0 Å². The lowest BCUT2D eigenvalue weighted by Gasteiger charge is -2.40. The highest BCUT2D eigenvalue weighted by Crippen LogP contribution is 2.22. The molecule has 1 rings (SSSR count). The van der Waals surface area contributed by atoms with Crippen LogP contribution in [0.2, 0.25) is 0 Å². The Balaban J connectivity index is 2.62. The molecule has 0 bridgehead atoms. The van der Waals surface area contributed by atoms with Gasteiger partial charge in [0.2, 0.25) is 0 Å². The minimum Gasteiger partial charge on any atom is -0.469 e. The Morgan fingerprint density at radius 3 is 2.57 bits per heavy atom. The van der Waals surface area contributed by atoms with Crippen LogP contribution in [0.1, 0.15) is 6.42 Å². The van der Waals surface area contributed by atoms with Crippen LogP contribution in [0, 0.1) is 23.7 Å². The van der Waals surface area contributed by atoms with Crippen molar-refractivity contribution in [2.75, 3.05) is 13.7 Å². The van der Waals surface area contributed by atoms with E-state index in [0.29, 0.717) is 0 Å². The van der Waals surface area contributed by atoms with Crippen LogP contribution in [0.3, 0.4) is 0 Å². The van der Waals surface area contributed by atoms with Gasteiger partial charge in [0, 0.05) is 0 Å². The number of rotatable bonds is 7. The van der Waals surface area contributed by atoms with Crippen LogP contribution in [-0.2, 0) is 19.0 Å². The lowest BCUT2D eigenvalue weighted by Crippen LogP contribution is -2.59. The van der Waals surface area contributed by atoms with E-state index in [0.717, 1.165) is 0 Å². The van der Waals surface area contributed by atoms with E-state index >= 15 is 0 Å². The number of carbonyl (C=O) groups is 1. The zero-order valence-corrected chi connectivity index (χ0v) is 15.3. The molecule has 0 radical (unpaired) electrons. The van der Waals surface area contributed by atoms with Crippen LogP contribution in [0.25, 0.3) is 0 Å². The largest absolute Gasteiger partial charge is 0.469 e. The van der Waals surface area contributed by atoms with E-state index in [9.17, 15) is 25.2 Å². The summed E-state index contributed by atoms with van der Waals surface area (Å²) in [6.45, 7) is 2.96. The normalized spacial score (nSPS) is 29.0. The SMILES string of the molecule is C=C[C@H](C#CC#C/C=C/[C@H](O)CC(=O)OC)O[C@@H]1O[C@H](CO)[C@@H](O)[C@H](O)[C@H]1O. The fraction of sp³-hybridized carbons (Fsp3) is 0.526. The van der Waals surface area contributed by atoms with Gasteiger partial charge in [0.15, 0.2) is 6.29 Å². The molecule has 0 aromatic rings. The lowest BCUT2D eigenvalue weighted by molar-refractivity contribution is -0.303. The second-order valence-corrected chi connectivity index (χ2v) is 5.74. The molecule has 1 aliphatic heterocycles. The summed E-state index contributed by atoms with van der Waals surface area (Å²) in [6.07, 6.45) is -5.21. The maximum atomic E-state index is 11.0. The molecule has 0 aliphatic carbocycles. The predicted octanol–water partition coefficient (Wildman–Crippen LogP) is -2.16. The van der Waals surface area contributed by atoms with Crippen LogP contribution in [-0.4, -0.2) is 88.1 Å². The molecular weight excluding hydrogens is 372 g/mol. The molecule has 5 N–H and O–H groups in total. The van der Waals surface area contributed by atoms with Gasteiger partial charge in [0.05, 0.1) is 26.2 Å². The summed E-state index contributed by atoms with van der Waals surface area (Å²) < 4.78 is 15.0. The van der Waals surface area contributed by atoms with E-state index in [-0.39, 0.29) is 6.42 Å². The van der Waals surface area contributed by atoms with Gasteiger partial charge in [-0.05, 0) is 24.0 Å². The molecule has 0 aromatic heterocycles. The first-order valence-electron chi connectivity index (χ1n) is 8.35. The van der Waals surface area contributed by atoms with Crippen LogP contribution in [0.5, 0.6) is 0 Å². The molecule has 9 heteroatoms. The molecule has 0 amide bonds. The molecule has 1 heterocycles. The fourth-order valence-electron chi connectivity index (χ4n) is 2.14. The molecule has 154 valence electrons. The van der Waals surface area contributed by atoms with Crippen molar-refractivity contribution < 1.29 is 44.5 Å². The second-order valence-electron chi connectivity index (χ2n) is 5.74. The number of ether oxygens (including phenoxy) is 3. The molecule has 0 unspecified atom stereocenters. The minimum atomic E-state index is -1.56. The van der Waals surface area contributed by atoms with E-state index in [1.165, 1.54) is 25.3 Å². The topological polar surface area (TPSA) is 146 Å². The standard InChI is InChI=1S/C19H24O9/c1-3-13(9-7-5-4-6-8-12(21)10-15(22)26-2)27-19-18(25)17(24)16(23)14(11-20)28-19/h3,6,8,12-14,16-21,23-25H,1,10-11H2,2H3/b8-6+/t12-,13+,14+,16+,17-,18+,19+/m0/s1. The average molecular weight is 396 g/mol. The Kier molecular flexibility index (Phi) is 10.5. The Morgan fingerprint density at radius 2 is 1.96 bits per heavy atom. The Morgan fingerprint density at radius 1 is 1.25 bits per heavy atom. The number of aliphatic hydroxyl groups is 5. The highest BCUT2D eigenvalue weighted by molar-refractivity contribution is 5.70. The zero-order chi connectivity index (χ0) is 21.1. The van der Waals surface area contributed by atoms with Gasteiger partial charge in [-0.1, -0.05) is 24.5 Å². The van der Waals surface area contributed by atoms with Gasteiger partial charge in [-0.25, -0.2) is 0 Å². The van der Waals surface area contributed by atoms with Gasteiger partial charge in [-0.15, -0.1) is 0 Å². The number of allylic oxidation sites excluding steroid dienone is 1. The van der Waals surface area contributed by atoms with Crippen molar-refractivity contribution in [3.8, 4) is 23.7 Å². The van der Waals surface area contributed by atoms with Crippen LogP contribution >= 0.6 is 0 Å². The first kappa shape index (κ1) is 23.8. The maximum Gasteiger partial charge on any atom is 0.308 e. The number of methoxy groups -OCH3 is 1. The summed E-state index contributed by atoms with van der Waals surface area (Å²) in [7, 11) is 1.22. The molecular formula is C19H24O9. The fourth-order valence-corrected chi connectivity index (χ4v) is 2.14. The van der Waals surface area contributed by atoms with Crippen molar-refractivity contribution in [2.45, 2.75) is 49.3 Å². The summed E-state index contributed by atoms with van der Waals surface area (Å²) in [4.78, 5) is 11.0. The molecule has 1 aliphatic rings. The van der Waals surface area contributed by atoms with E-state index in [4.69, 9.17) is 14.6 Å². The number of hydrogen-bond donors (Lipinski definition) is 5. The highest BCUT2D eigenvalue weighted by atomic mass is 16.7. The van der Waals surface area contributed by atoms with Crippen molar-refractivity contribution >= 4 is 5.97 Å². The van der Waals surface area contributed by atoms with Gasteiger partial charge in [0.1, 0.15) is 30.5 Å². The van der Waals surface area contributed by atoms with Gasteiger partial charge >= 0.3 is 5.97 Å². The number of hydrogen-bond acceptors (Lipinski definition) is 9. The summed E-state index contributed by atoms with van der Waals surface area (Å²) in [5, 5.41) is 48.0. The third kappa shape index (κ3) is 7.43. The Labute approximate surface area is 162 Å². The second kappa shape index (κ2) is 12.3. The molecule has 9 nitrogen and oxygen atoms in total. The van der Waals surface area contributed by atoms with Crippen LogP contribution in [0.15, 0.2) is 24.8 Å². The quantitative estimate of drug-likeness (QED) is 0.185. The van der Waals surface area contributed by atoms with Crippen molar-refractivity contribution in [1.82, 2.24) is 0 Å². The molecule has 1 fully saturated rings. The molecule has 0 saturated carbocycles. The molecule has 1 saturated heterocycles. The smallest absolute Gasteiger partial charge is 0.308 e. The monoisotopic (exact) mass is 396 g/mol. The maximum absolute atomic E-state index is 11.0. The summed E-state index contributed by atoms with van der Waals surface area (Å²) in [5.41, 5.74) is 0. The van der Waals surface area contributed by atoms with Gasteiger partial charge in [0.25, 0.3) is 0 Å². The molecule has 0 aromatic carbocycles. The Hall–Kier alpha value is -2.21. The van der Waals surface area contributed by atoms with E-state index < -0.39 is 55.5 Å². The third-order valence-corrected chi connectivity index (χ3v) is 3.70. The Bertz CT molecular complexity index is 664. The first-order chi connectivity index (χ1) is 13.3. The van der Waals surface area contributed by atoms with Gasteiger partial charge in [-0.2, -0.15) is 0 Å². The third-order valence-electron chi connectivity index (χ3n) is 3.70. The first-order valence-corrected chi connectivity index (χ1v) is 8.35. The summed E-state index contributed by atoms with van der Waals surface area (Å²) in [6, 6.07) is 0. The molecule has 28 heavy (non-hydrogen) atoms. The van der Waals surface area contributed by atoms with E-state index in [2.05, 4.69) is 35.0 Å². The van der Waals surface area contributed by atoms with Crippen LogP contribution < -0.4 is 0 Å². The number of aliphatic hydroxyl groups excluding tert-OH is 5. The van der Waals surface area contributed by atoms with Crippen molar-refractivity contribution in [3.05, 3.63) is 24.8 Å². The summed E-state index contributed by atoms with van der Waals surface area (Å²) in [5.74, 6) is 9.53. The number of esters is 1. The molecule has 7 atom stereocenters. The average Bonchev–Trinajstić information content (AvgIpc) is 2.69. The van der Waals surface area contributed by atoms with Crippen molar-refractivity contribution in [3.63, 3.8) is 0 Å². The highest BCUT2D eigenvalue weighted by Gasteiger charge is 2.44.